The molecule has 2 aliphatic heterocycles. The number of benzene rings is 1. The first-order valence-electron chi connectivity index (χ1n) is 8.60. The molecule has 0 aromatic heterocycles. The van der Waals surface area contributed by atoms with Gasteiger partial charge in [0.25, 0.3) is 0 Å². The maximum Gasteiger partial charge on any atom is 0.243 e. The predicted octanol–water partition coefficient (Wildman–Crippen LogP) is 1.19. The summed E-state index contributed by atoms with van der Waals surface area (Å²) in [4.78, 5) is 2.52. The van der Waals surface area contributed by atoms with Gasteiger partial charge in [-0.15, -0.1) is 0 Å². The minimum Gasteiger partial charge on any atom is -0.493 e. The molecule has 0 radical (unpaired) electrons. The molecule has 3 rings (SSSR count). The van der Waals surface area contributed by atoms with Crippen molar-refractivity contribution in [1.82, 2.24) is 9.21 Å². The number of piperazine rings is 1. The van der Waals surface area contributed by atoms with Crippen LogP contribution in [0.25, 0.3) is 0 Å². The molecule has 0 aliphatic carbocycles. The van der Waals surface area contributed by atoms with Gasteiger partial charge in [-0.25, -0.2) is 8.42 Å². The fraction of sp³-hybridized carbons (Fsp3) is 0.647. The van der Waals surface area contributed by atoms with Crippen LogP contribution in [-0.2, 0) is 14.8 Å². The summed E-state index contributed by atoms with van der Waals surface area (Å²) >= 11 is 0. The second-order valence-electron chi connectivity index (χ2n) is 6.36. The maximum absolute atomic E-state index is 12.9. The highest BCUT2D eigenvalue weighted by Crippen LogP contribution is 2.31. The highest BCUT2D eigenvalue weighted by molar-refractivity contribution is 7.89. The minimum absolute atomic E-state index is 0.234. The van der Waals surface area contributed by atoms with Gasteiger partial charge in [0.05, 0.1) is 25.2 Å². The predicted molar refractivity (Wildman–Crippen MR) is 93.7 cm³/mol. The Bertz CT molecular complexity index is 680. The third-order valence-corrected chi connectivity index (χ3v) is 6.70. The van der Waals surface area contributed by atoms with Gasteiger partial charge in [0.15, 0.2) is 11.5 Å². The fourth-order valence-electron chi connectivity index (χ4n) is 3.35. The average molecular weight is 370 g/mol. The van der Waals surface area contributed by atoms with Gasteiger partial charge < -0.3 is 14.2 Å². The van der Waals surface area contributed by atoms with Gasteiger partial charge in [0.2, 0.25) is 10.0 Å². The van der Waals surface area contributed by atoms with Crippen LogP contribution in [0.3, 0.4) is 0 Å². The van der Waals surface area contributed by atoms with Crippen molar-refractivity contribution in [1.29, 1.82) is 0 Å². The van der Waals surface area contributed by atoms with Crippen LogP contribution >= 0.6 is 0 Å². The Kier molecular flexibility index (Phi) is 5.83. The molecule has 2 fully saturated rings. The molecule has 1 aromatic carbocycles. The van der Waals surface area contributed by atoms with Gasteiger partial charge in [0, 0.05) is 45.4 Å². The molecule has 2 aliphatic rings. The molecule has 140 valence electrons. The third kappa shape index (κ3) is 4.08. The van der Waals surface area contributed by atoms with E-state index in [1.165, 1.54) is 20.3 Å². The molecule has 1 unspecified atom stereocenters. The number of nitrogens with zero attached hydrogens (tertiary/aromatic N) is 2. The molecule has 0 bridgehead atoms. The van der Waals surface area contributed by atoms with E-state index in [9.17, 15) is 8.42 Å². The molecule has 0 N–H and O–H groups in total. The van der Waals surface area contributed by atoms with Crippen molar-refractivity contribution in [3.63, 3.8) is 0 Å². The normalized spacial score (nSPS) is 22.9. The lowest BCUT2D eigenvalue weighted by Gasteiger charge is -2.35. The van der Waals surface area contributed by atoms with E-state index in [0.717, 1.165) is 39.1 Å². The maximum atomic E-state index is 12.9. The summed E-state index contributed by atoms with van der Waals surface area (Å²) in [7, 11) is -0.505. The molecule has 2 heterocycles. The van der Waals surface area contributed by atoms with E-state index in [1.807, 2.05) is 0 Å². The molecular weight excluding hydrogens is 344 g/mol. The van der Waals surface area contributed by atoms with E-state index in [2.05, 4.69) is 4.90 Å². The smallest absolute Gasteiger partial charge is 0.243 e. The van der Waals surface area contributed by atoms with Crippen molar-refractivity contribution in [3.8, 4) is 11.5 Å². The topological polar surface area (TPSA) is 68.3 Å². The molecule has 0 amide bonds. The largest absolute Gasteiger partial charge is 0.493 e. The van der Waals surface area contributed by atoms with Gasteiger partial charge in [0.1, 0.15) is 0 Å². The molecule has 1 aromatic rings. The standard InChI is InChI=1S/C17H26N2O5S/c1-22-16-6-5-15(12-17(16)23-2)25(20,21)19-9-7-18(8-10-19)13-14-4-3-11-24-14/h5-6,12,14H,3-4,7-11,13H2,1-2H3. The summed E-state index contributed by atoms with van der Waals surface area (Å²) in [5, 5.41) is 0. The Morgan fingerprint density at radius 3 is 2.44 bits per heavy atom. The summed E-state index contributed by atoms with van der Waals surface area (Å²) in [6.07, 6.45) is 2.52. The van der Waals surface area contributed by atoms with Crippen LogP contribution in [0.4, 0.5) is 0 Å². The number of rotatable bonds is 6. The van der Waals surface area contributed by atoms with Crippen LogP contribution in [0, 0.1) is 0 Å². The number of sulfonamides is 1. The van der Waals surface area contributed by atoms with Crippen molar-refractivity contribution in [2.24, 2.45) is 0 Å². The lowest BCUT2D eigenvalue weighted by molar-refractivity contribution is 0.0617. The van der Waals surface area contributed by atoms with Crippen LogP contribution in [0.1, 0.15) is 12.8 Å². The summed E-state index contributed by atoms with van der Waals surface area (Å²) in [6.45, 7) is 4.17. The number of hydrogen-bond acceptors (Lipinski definition) is 6. The molecule has 0 spiro atoms. The first-order valence-corrected chi connectivity index (χ1v) is 10.0. The summed E-state index contributed by atoms with van der Waals surface area (Å²) in [6, 6.07) is 4.71. The third-order valence-electron chi connectivity index (χ3n) is 4.81. The Labute approximate surface area is 149 Å². The average Bonchev–Trinajstić information content (AvgIpc) is 3.14. The molecule has 7 nitrogen and oxygen atoms in total. The molecule has 0 saturated carbocycles. The van der Waals surface area contributed by atoms with Gasteiger partial charge in [-0.2, -0.15) is 4.31 Å². The van der Waals surface area contributed by atoms with Crippen LogP contribution in [-0.4, -0.2) is 77.3 Å². The Morgan fingerprint density at radius 2 is 1.84 bits per heavy atom. The zero-order chi connectivity index (χ0) is 17.9. The van der Waals surface area contributed by atoms with Crippen molar-refractivity contribution in [2.45, 2.75) is 23.8 Å². The highest BCUT2D eigenvalue weighted by atomic mass is 32.2. The Morgan fingerprint density at radius 1 is 1.12 bits per heavy atom. The number of methoxy groups -OCH3 is 2. The van der Waals surface area contributed by atoms with Gasteiger partial charge >= 0.3 is 0 Å². The first kappa shape index (κ1) is 18.4. The van der Waals surface area contributed by atoms with E-state index >= 15 is 0 Å². The summed E-state index contributed by atoms with van der Waals surface area (Å²) in [5.74, 6) is 0.934. The van der Waals surface area contributed by atoms with E-state index in [4.69, 9.17) is 14.2 Å². The second kappa shape index (κ2) is 7.90. The lowest BCUT2D eigenvalue weighted by Crippen LogP contribution is -2.50. The van der Waals surface area contributed by atoms with E-state index in [-0.39, 0.29) is 4.90 Å². The minimum atomic E-state index is -3.53. The van der Waals surface area contributed by atoms with Crippen molar-refractivity contribution in [3.05, 3.63) is 18.2 Å². The van der Waals surface area contributed by atoms with E-state index in [1.54, 1.807) is 16.4 Å². The van der Waals surface area contributed by atoms with Gasteiger partial charge in [-0.3, -0.25) is 4.90 Å². The highest BCUT2D eigenvalue weighted by Gasteiger charge is 2.30. The van der Waals surface area contributed by atoms with Crippen molar-refractivity contribution >= 4 is 10.0 Å². The number of ether oxygens (including phenoxy) is 3. The molecular formula is C17H26N2O5S. The quantitative estimate of drug-likeness (QED) is 0.749. The molecule has 1 atom stereocenters. The zero-order valence-electron chi connectivity index (χ0n) is 14.8. The van der Waals surface area contributed by atoms with Gasteiger partial charge in [-0.05, 0) is 25.0 Å². The van der Waals surface area contributed by atoms with Crippen LogP contribution in [0.2, 0.25) is 0 Å². The van der Waals surface area contributed by atoms with Gasteiger partial charge in [-0.1, -0.05) is 0 Å². The van der Waals surface area contributed by atoms with E-state index < -0.39 is 10.0 Å². The SMILES string of the molecule is COc1ccc(S(=O)(=O)N2CCN(CC3CCCO3)CC2)cc1OC. The monoisotopic (exact) mass is 370 g/mol. The number of hydrogen-bond donors (Lipinski definition) is 0. The summed E-state index contributed by atoms with van der Waals surface area (Å²) in [5.41, 5.74) is 0. The molecule has 2 saturated heterocycles. The van der Waals surface area contributed by atoms with Crippen LogP contribution in [0.15, 0.2) is 23.1 Å². The molecule has 8 heteroatoms. The van der Waals surface area contributed by atoms with Crippen molar-refractivity contribution in [2.75, 3.05) is 53.6 Å². The Hall–Kier alpha value is -1.35. The molecule has 25 heavy (non-hydrogen) atoms. The second-order valence-corrected chi connectivity index (χ2v) is 8.29. The zero-order valence-corrected chi connectivity index (χ0v) is 15.6. The Balaban J connectivity index is 1.65. The fourth-order valence-corrected chi connectivity index (χ4v) is 4.79. The summed E-state index contributed by atoms with van der Waals surface area (Å²) < 4.78 is 43.4. The lowest BCUT2D eigenvalue weighted by atomic mass is 10.2. The van der Waals surface area contributed by atoms with Crippen molar-refractivity contribution < 1.29 is 22.6 Å². The van der Waals surface area contributed by atoms with Crippen LogP contribution in [0.5, 0.6) is 11.5 Å². The van der Waals surface area contributed by atoms with E-state index in [0.29, 0.717) is 30.7 Å². The van der Waals surface area contributed by atoms with Crippen LogP contribution < -0.4 is 9.47 Å². The first-order chi connectivity index (χ1) is 12.0.